The van der Waals surface area contributed by atoms with Gasteiger partial charge in [0.1, 0.15) is 0 Å². The molecule has 1 aromatic carbocycles. The van der Waals surface area contributed by atoms with E-state index in [1.165, 1.54) is 0 Å². The molecule has 15 heavy (non-hydrogen) atoms. The average Bonchev–Trinajstić information content (AvgIpc) is 2.12. The number of halogens is 4. The second kappa shape index (κ2) is 5.61. The lowest BCUT2D eigenvalue weighted by atomic mass is 10.2. The van der Waals surface area contributed by atoms with Gasteiger partial charge in [0, 0.05) is 5.39 Å². The van der Waals surface area contributed by atoms with Gasteiger partial charge in [-0.1, -0.05) is 29.3 Å². The van der Waals surface area contributed by atoms with Crippen LogP contribution in [0.1, 0.15) is 0 Å². The molecule has 2 nitrogen and oxygen atoms in total. The predicted molar refractivity (Wildman–Crippen MR) is 70.7 cm³/mol. The van der Waals surface area contributed by atoms with Crippen molar-refractivity contribution in [3.63, 3.8) is 0 Å². The predicted octanol–water partition coefficient (Wildman–Crippen LogP) is 3.97. The summed E-state index contributed by atoms with van der Waals surface area (Å²) >= 11 is 11.8. The van der Waals surface area contributed by atoms with Gasteiger partial charge in [-0.05, 0) is 12.1 Å². The first-order valence-corrected chi connectivity index (χ1v) is 4.43. The maximum Gasteiger partial charge on any atom is 0.0905 e. The van der Waals surface area contributed by atoms with Crippen molar-refractivity contribution in [2.24, 2.45) is 0 Å². The van der Waals surface area contributed by atoms with Crippen molar-refractivity contribution in [1.82, 2.24) is 4.98 Å². The van der Waals surface area contributed by atoms with Crippen LogP contribution in [0.25, 0.3) is 10.9 Å². The lowest BCUT2D eigenvalue weighted by molar-refractivity contribution is 1.41. The number of hydrogen-bond donors (Lipinski definition) is 1. The van der Waals surface area contributed by atoms with Crippen LogP contribution in [0.15, 0.2) is 24.4 Å². The summed E-state index contributed by atoms with van der Waals surface area (Å²) < 4.78 is 0. The minimum Gasteiger partial charge on any atom is -0.397 e. The fraction of sp³-hybridized carbons (Fsp3) is 0. The molecule has 1 aromatic heterocycles. The van der Waals surface area contributed by atoms with E-state index < -0.39 is 0 Å². The molecule has 2 rings (SSSR count). The zero-order valence-electron chi connectivity index (χ0n) is 7.41. The fourth-order valence-corrected chi connectivity index (χ4v) is 1.53. The van der Waals surface area contributed by atoms with Gasteiger partial charge in [0.05, 0.1) is 27.4 Å². The maximum atomic E-state index is 5.94. The van der Waals surface area contributed by atoms with Gasteiger partial charge in [-0.25, -0.2) is 0 Å². The van der Waals surface area contributed by atoms with E-state index in [1.807, 2.05) is 12.1 Å². The highest BCUT2D eigenvalue weighted by Gasteiger charge is 2.04. The number of nitrogen functional groups attached to an aromatic ring is 1. The van der Waals surface area contributed by atoms with Crippen molar-refractivity contribution in [2.45, 2.75) is 0 Å². The van der Waals surface area contributed by atoms with Crippen LogP contribution in [0.2, 0.25) is 10.0 Å². The first-order chi connectivity index (χ1) is 6.18. The highest BCUT2D eigenvalue weighted by molar-refractivity contribution is 6.45. The molecule has 0 radical (unpaired) electrons. The van der Waals surface area contributed by atoms with Gasteiger partial charge in [0.25, 0.3) is 0 Å². The van der Waals surface area contributed by atoms with Gasteiger partial charge in [-0.15, -0.1) is 24.8 Å². The largest absolute Gasteiger partial charge is 0.397 e. The lowest BCUT2D eigenvalue weighted by Gasteiger charge is -2.01. The van der Waals surface area contributed by atoms with Crippen LogP contribution >= 0.6 is 48.0 Å². The second-order valence-corrected chi connectivity index (χ2v) is 3.49. The summed E-state index contributed by atoms with van der Waals surface area (Å²) in [5.74, 6) is 0. The van der Waals surface area contributed by atoms with Crippen LogP contribution in [0.3, 0.4) is 0 Å². The van der Waals surface area contributed by atoms with Crippen LogP contribution in [-0.2, 0) is 0 Å². The Bertz CT molecular complexity index is 473. The third-order valence-electron chi connectivity index (χ3n) is 1.77. The summed E-state index contributed by atoms with van der Waals surface area (Å²) in [6.45, 7) is 0. The normalized spacial score (nSPS) is 9.20. The summed E-state index contributed by atoms with van der Waals surface area (Å²) in [6.07, 6.45) is 1.56. The molecule has 0 unspecified atom stereocenters. The van der Waals surface area contributed by atoms with Crippen LogP contribution < -0.4 is 5.73 Å². The number of pyridine rings is 1. The molecular weight excluding hydrogens is 278 g/mol. The molecule has 0 amide bonds. The van der Waals surface area contributed by atoms with E-state index in [0.29, 0.717) is 21.2 Å². The number of aromatic nitrogens is 1. The van der Waals surface area contributed by atoms with Crippen molar-refractivity contribution in [1.29, 1.82) is 0 Å². The molecule has 0 aliphatic carbocycles. The number of nitrogens with zero attached hydrogens (tertiary/aromatic N) is 1. The van der Waals surface area contributed by atoms with Gasteiger partial charge in [0.2, 0.25) is 0 Å². The van der Waals surface area contributed by atoms with Crippen LogP contribution in [-0.4, -0.2) is 4.98 Å². The minimum atomic E-state index is 0. The molecule has 0 bridgehead atoms. The average molecular weight is 286 g/mol. The summed E-state index contributed by atoms with van der Waals surface area (Å²) in [5.41, 5.74) is 6.87. The lowest BCUT2D eigenvalue weighted by Crippen LogP contribution is -1.87. The Morgan fingerprint density at radius 2 is 1.80 bits per heavy atom. The van der Waals surface area contributed by atoms with Crippen molar-refractivity contribution in [3.05, 3.63) is 34.4 Å². The quantitative estimate of drug-likeness (QED) is 0.795. The first kappa shape index (κ1) is 14.6. The van der Waals surface area contributed by atoms with E-state index in [2.05, 4.69) is 4.98 Å². The van der Waals surface area contributed by atoms with Gasteiger partial charge in [-0.2, -0.15) is 0 Å². The maximum absolute atomic E-state index is 5.94. The number of benzene rings is 1. The highest BCUT2D eigenvalue weighted by atomic mass is 35.5. The van der Waals surface area contributed by atoms with Crippen molar-refractivity contribution >= 4 is 64.6 Å². The van der Waals surface area contributed by atoms with Crippen molar-refractivity contribution in [3.8, 4) is 0 Å². The van der Waals surface area contributed by atoms with Gasteiger partial charge >= 0.3 is 0 Å². The molecule has 0 spiro atoms. The number of hydrogen-bond acceptors (Lipinski definition) is 2. The molecule has 2 aromatic rings. The molecular formula is C9H8Cl4N2. The molecule has 0 saturated carbocycles. The smallest absolute Gasteiger partial charge is 0.0905 e. The van der Waals surface area contributed by atoms with Gasteiger partial charge in [0.15, 0.2) is 0 Å². The third kappa shape index (κ3) is 2.79. The zero-order chi connectivity index (χ0) is 9.42. The zero-order valence-corrected chi connectivity index (χ0v) is 10.6. The number of anilines is 1. The molecule has 0 aliphatic rings. The third-order valence-corrected chi connectivity index (χ3v) is 2.56. The number of fused-ring (bicyclic) bond motifs is 1. The highest BCUT2D eigenvalue weighted by Crippen LogP contribution is 2.29. The summed E-state index contributed by atoms with van der Waals surface area (Å²) in [7, 11) is 0. The molecule has 82 valence electrons. The second-order valence-electron chi connectivity index (χ2n) is 2.70. The first-order valence-electron chi connectivity index (χ1n) is 3.68. The van der Waals surface area contributed by atoms with Crippen LogP contribution in [0.4, 0.5) is 5.69 Å². The number of nitrogens with two attached hydrogens (primary N) is 1. The van der Waals surface area contributed by atoms with E-state index in [0.717, 1.165) is 5.39 Å². The van der Waals surface area contributed by atoms with Crippen LogP contribution in [0.5, 0.6) is 0 Å². The molecule has 2 N–H and O–H groups in total. The number of rotatable bonds is 0. The van der Waals surface area contributed by atoms with Crippen LogP contribution in [0, 0.1) is 0 Å². The molecule has 0 fully saturated rings. The van der Waals surface area contributed by atoms with Crippen molar-refractivity contribution < 1.29 is 0 Å². The monoisotopic (exact) mass is 284 g/mol. The van der Waals surface area contributed by atoms with Crippen molar-refractivity contribution in [2.75, 3.05) is 5.73 Å². The molecule has 0 saturated heterocycles. The van der Waals surface area contributed by atoms with E-state index >= 15 is 0 Å². The molecule has 6 heteroatoms. The minimum absolute atomic E-state index is 0. The fourth-order valence-electron chi connectivity index (χ4n) is 1.16. The van der Waals surface area contributed by atoms with Gasteiger partial charge < -0.3 is 5.73 Å². The molecule has 0 aliphatic heterocycles. The van der Waals surface area contributed by atoms with E-state index in [-0.39, 0.29) is 24.8 Å². The topological polar surface area (TPSA) is 38.9 Å². The summed E-state index contributed by atoms with van der Waals surface area (Å²) in [4.78, 5) is 4.10. The summed E-state index contributed by atoms with van der Waals surface area (Å²) in [5, 5.41) is 1.88. The Morgan fingerprint density at radius 1 is 1.13 bits per heavy atom. The van der Waals surface area contributed by atoms with E-state index in [4.69, 9.17) is 28.9 Å². The molecule has 1 heterocycles. The standard InChI is InChI=1S/C9H6Cl2N2.2ClH/c10-7-2-1-5-3-6(12)4-13-9(5)8(7)11;;/h1-4H,12H2;2*1H. The Labute approximate surface area is 110 Å². The Morgan fingerprint density at radius 3 is 2.47 bits per heavy atom. The Kier molecular flexibility index (Phi) is 5.46. The molecule has 0 atom stereocenters. The van der Waals surface area contributed by atoms with E-state index in [9.17, 15) is 0 Å². The SMILES string of the molecule is Cl.Cl.Nc1cnc2c(Cl)c(Cl)ccc2c1. The summed E-state index contributed by atoms with van der Waals surface area (Å²) in [6, 6.07) is 5.38. The Balaban J connectivity index is 0.000000980. The van der Waals surface area contributed by atoms with Gasteiger partial charge in [-0.3, -0.25) is 4.98 Å². The van der Waals surface area contributed by atoms with E-state index in [1.54, 1.807) is 12.3 Å². The Hall–Kier alpha value is -0.410.